The Bertz CT molecular complexity index is 809. The summed E-state index contributed by atoms with van der Waals surface area (Å²) in [6, 6.07) is 6.81. The number of aromatic nitrogens is 2. The normalized spacial score (nSPS) is 12.2. The quantitative estimate of drug-likeness (QED) is 0.661. The number of H-pyrrole nitrogens is 1. The van der Waals surface area contributed by atoms with Crippen molar-refractivity contribution in [3.63, 3.8) is 0 Å². The smallest absolute Gasteiger partial charge is 0.328 e. The molecule has 1 aromatic carbocycles. The highest BCUT2D eigenvalue weighted by Crippen LogP contribution is 2.07. The minimum atomic E-state index is -0.507. The molecule has 1 atom stereocenters. The predicted molar refractivity (Wildman–Crippen MR) is 94.0 cm³/mol. The molecule has 0 aliphatic heterocycles. The second-order valence-electron chi connectivity index (χ2n) is 5.82. The maximum atomic E-state index is 12.1. The van der Waals surface area contributed by atoms with Crippen LogP contribution in [0.1, 0.15) is 32.6 Å². The first-order chi connectivity index (χ1) is 11.6. The van der Waals surface area contributed by atoms with Crippen molar-refractivity contribution in [2.75, 3.05) is 6.54 Å². The number of rotatable bonds is 8. The van der Waals surface area contributed by atoms with Gasteiger partial charge in [0.2, 0.25) is 5.91 Å². The second kappa shape index (κ2) is 8.44. The van der Waals surface area contributed by atoms with Gasteiger partial charge in [-0.2, -0.15) is 0 Å². The number of nitrogens with one attached hydrogen (secondary N) is 2. The molecule has 0 aliphatic rings. The van der Waals surface area contributed by atoms with Crippen molar-refractivity contribution in [2.24, 2.45) is 5.73 Å². The van der Waals surface area contributed by atoms with Crippen LogP contribution in [0.3, 0.4) is 0 Å². The largest absolute Gasteiger partial charge is 0.352 e. The first kappa shape index (κ1) is 17.9. The number of benzene rings is 1. The highest BCUT2D eigenvalue weighted by Gasteiger charge is 2.12. The van der Waals surface area contributed by atoms with Crippen molar-refractivity contribution in [3.8, 4) is 0 Å². The van der Waals surface area contributed by atoms with Crippen LogP contribution >= 0.6 is 0 Å². The van der Waals surface area contributed by atoms with Gasteiger partial charge in [0.1, 0.15) is 0 Å². The molecule has 1 aromatic heterocycles. The summed E-state index contributed by atoms with van der Waals surface area (Å²) in [5.74, 6) is -0.149. The van der Waals surface area contributed by atoms with Crippen LogP contribution < -0.4 is 22.3 Å². The second-order valence-corrected chi connectivity index (χ2v) is 5.82. The van der Waals surface area contributed by atoms with E-state index in [4.69, 9.17) is 5.73 Å². The van der Waals surface area contributed by atoms with Gasteiger partial charge in [-0.1, -0.05) is 31.9 Å². The summed E-state index contributed by atoms with van der Waals surface area (Å²) in [6.07, 6.45) is 3.05. The molecule has 0 radical (unpaired) electrons. The molecule has 2 aromatic rings. The average Bonchev–Trinajstić information content (AvgIpc) is 2.58. The van der Waals surface area contributed by atoms with E-state index >= 15 is 0 Å². The average molecular weight is 332 g/mol. The lowest BCUT2D eigenvalue weighted by molar-refractivity contribution is -0.122. The number of carbonyl (C=O) groups excluding carboxylic acids is 1. The Morgan fingerprint density at radius 2 is 2.08 bits per heavy atom. The topological polar surface area (TPSA) is 110 Å². The number of para-hydroxylation sites is 1. The molecule has 2 rings (SSSR count). The SMILES string of the molecule is CCCCC(CN)NC(=O)CCn1c(=O)[nH]c(=O)c2ccccc21. The molecule has 130 valence electrons. The maximum absolute atomic E-state index is 12.1. The summed E-state index contributed by atoms with van der Waals surface area (Å²) in [4.78, 5) is 38.2. The van der Waals surface area contributed by atoms with Gasteiger partial charge in [0, 0.05) is 25.6 Å². The molecule has 0 saturated carbocycles. The van der Waals surface area contributed by atoms with E-state index in [1.54, 1.807) is 24.3 Å². The van der Waals surface area contributed by atoms with Crippen LogP contribution in [0.15, 0.2) is 33.9 Å². The monoisotopic (exact) mass is 332 g/mol. The van der Waals surface area contributed by atoms with E-state index in [-0.39, 0.29) is 24.9 Å². The molecule has 0 saturated heterocycles. The molecule has 4 N–H and O–H groups in total. The van der Waals surface area contributed by atoms with Gasteiger partial charge in [-0.25, -0.2) is 4.79 Å². The van der Waals surface area contributed by atoms with E-state index in [9.17, 15) is 14.4 Å². The van der Waals surface area contributed by atoms with Gasteiger partial charge >= 0.3 is 5.69 Å². The van der Waals surface area contributed by atoms with Crippen LogP contribution in [0, 0.1) is 0 Å². The molecule has 24 heavy (non-hydrogen) atoms. The summed E-state index contributed by atoms with van der Waals surface area (Å²) < 4.78 is 1.42. The Morgan fingerprint density at radius 1 is 1.33 bits per heavy atom. The first-order valence-corrected chi connectivity index (χ1v) is 8.28. The van der Waals surface area contributed by atoms with E-state index in [1.807, 2.05) is 0 Å². The summed E-state index contributed by atoms with van der Waals surface area (Å²) >= 11 is 0. The van der Waals surface area contributed by atoms with Crippen molar-refractivity contribution in [1.29, 1.82) is 0 Å². The predicted octanol–water partition coefficient (Wildman–Crippen LogP) is 0.714. The fraction of sp³-hybridized carbons (Fsp3) is 0.471. The van der Waals surface area contributed by atoms with Crippen LogP contribution in [0.2, 0.25) is 0 Å². The van der Waals surface area contributed by atoms with Crippen molar-refractivity contribution in [3.05, 3.63) is 45.1 Å². The molecule has 1 unspecified atom stereocenters. The summed E-state index contributed by atoms with van der Waals surface area (Å²) in [7, 11) is 0. The van der Waals surface area contributed by atoms with Gasteiger partial charge in [0.25, 0.3) is 5.56 Å². The number of hydrogen-bond acceptors (Lipinski definition) is 4. The molecular formula is C17H24N4O3. The highest BCUT2D eigenvalue weighted by atomic mass is 16.2. The third kappa shape index (κ3) is 4.32. The lowest BCUT2D eigenvalue weighted by Crippen LogP contribution is -2.41. The van der Waals surface area contributed by atoms with Crippen molar-refractivity contribution in [1.82, 2.24) is 14.9 Å². The number of hydrogen-bond donors (Lipinski definition) is 3. The summed E-state index contributed by atoms with van der Waals surface area (Å²) in [5.41, 5.74) is 5.28. The minimum absolute atomic E-state index is 0.0403. The standard InChI is InChI=1S/C17H24N4O3/c1-2-3-6-12(11-18)19-15(22)9-10-21-14-8-5-4-7-13(14)16(23)20-17(21)24/h4-5,7-8,12H,2-3,6,9-11,18H2,1H3,(H,19,22)(H,20,23,24). The number of unbranched alkanes of at least 4 members (excludes halogenated alkanes) is 1. The Kier molecular flexibility index (Phi) is 6.31. The summed E-state index contributed by atoms with van der Waals surface area (Å²) in [5, 5.41) is 3.33. The molecule has 0 spiro atoms. The van der Waals surface area contributed by atoms with Gasteiger partial charge in [-0.3, -0.25) is 19.1 Å². The Morgan fingerprint density at radius 3 is 2.79 bits per heavy atom. The van der Waals surface area contributed by atoms with E-state index in [1.165, 1.54) is 4.57 Å². The number of nitrogens with zero attached hydrogens (tertiary/aromatic N) is 1. The van der Waals surface area contributed by atoms with Crippen LogP contribution in [0.5, 0.6) is 0 Å². The van der Waals surface area contributed by atoms with Gasteiger partial charge in [0.05, 0.1) is 10.9 Å². The van der Waals surface area contributed by atoms with Crippen LogP contribution in [0.4, 0.5) is 0 Å². The molecule has 1 heterocycles. The van der Waals surface area contributed by atoms with Crippen LogP contribution in [0.25, 0.3) is 10.9 Å². The fourth-order valence-corrected chi connectivity index (χ4v) is 2.68. The third-order valence-corrected chi connectivity index (χ3v) is 4.02. The van der Waals surface area contributed by atoms with Gasteiger partial charge in [0.15, 0.2) is 0 Å². The first-order valence-electron chi connectivity index (χ1n) is 8.28. The number of fused-ring (bicyclic) bond motifs is 1. The zero-order chi connectivity index (χ0) is 17.5. The molecule has 0 fully saturated rings. The number of carbonyl (C=O) groups is 1. The highest BCUT2D eigenvalue weighted by molar-refractivity contribution is 5.79. The zero-order valence-corrected chi connectivity index (χ0v) is 13.9. The minimum Gasteiger partial charge on any atom is -0.352 e. The van der Waals surface area contributed by atoms with Crippen LogP contribution in [-0.2, 0) is 11.3 Å². The van der Waals surface area contributed by atoms with E-state index in [2.05, 4.69) is 17.2 Å². The van der Waals surface area contributed by atoms with Crippen LogP contribution in [-0.4, -0.2) is 28.0 Å². The van der Waals surface area contributed by atoms with Crippen molar-refractivity contribution >= 4 is 16.8 Å². The van der Waals surface area contributed by atoms with E-state index < -0.39 is 11.2 Å². The maximum Gasteiger partial charge on any atom is 0.328 e. The summed E-state index contributed by atoms with van der Waals surface area (Å²) in [6.45, 7) is 2.68. The lowest BCUT2D eigenvalue weighted by atomic mass is 10.1. The molecular weight excluding hydrogens is 308 g/mol. The molecule has 1 amide bonds. The van der Waals surface area contributed by atoms with Crippen molar-refractivity contribution in [2.45, 2.75) is 45.2 Å². The number of amides is 1. The van der Waals surface area contributed by atoms with E-state index in [0.717, 1.165) is 19.3 Å². The van der Waals surface area contributed by atoms with Gasteiger partial charge in [-0.05, 0) is 18.6 Å². The molecule has 7 nitrogen and oxygen atoms in total. The Balaban J connectivity index is 2.09. The van der Waals surface area contributed by atoms with E-state index in [0.29, 0.717) is 17.4 Å². The third-order valence-electron chi connectivity index (χ3n) is 4.02. The van der Waals surface area contributed by atoms with Gasteiger partial charge in [-0.15, -0.1) is 0 Å². The molecule has 0 bridgehead atoms. The Labute approximate surface area is 139 Å². The Hall–Kier alpha value is -2.41. The lowest BCUT2D eigenvalue weighted by Gasteiger charge is -2.17. The fourth-order valence-electron chi connectivity index (χ4n) is 2.68. The number of aromatic amines is 1. The molecule has 0 aliphatic carbocycles. The van der Waals surface area contributed by atoms with Crippen molar-refractivity contribution < 1.29 is 4.79 Å². The zero-order valence-electron chi connectivity index (χ0n) is 13.9. The number of aryl methyl sites for hydroxylation is 1. The number of nitrogens with two attached hydrogens (primary N) is 1. The molecule has 7 heteroatoms. The van der Waals surface area contributed by atoms with Gasteiger partial charge < -0.3 is 11.1 Å².